The first kappa shape index (κ1) is 19.9. The Bertz CT molecular complexity index is 852. The molecule has 2 aliphatic rings. The summed E-state index contributed by atoms with van der Waals surface area (Å²) in [6.07, 6.45) is 4.27. The molecule has 1 aliphatic carbocycles. The van der Waals surface area contributed by atoms with Crippen LogP contribution in [0.4, 0.5) is 18.9 Å². The van der Waals surface area contributed by atoms with Gasteiger partial charge < -0.3 is 5.32 Å². The van der Waals surface area contributed by atoms with Crippen molar-refractivity contribution in [1.82, 2.24) is 19.7 Å². The van der Waals surface area contributed by atoms with Crippen LogP contribution in [0.5, 0.6) is 0 Å². The normalized spacial score (nSPS) is 22.9. The Labute approximate surface area is 167 Å². The second-order valence-corrected chi connectivity index (χ2v) is 7.95. The van der Waals surface area contributed by atoms with E-state index in [0.717, 1.165) is 37.6 Å². The second kappa shape index (κ2) is 8.14. The van der Waals surface area contributed by atoms with Gasteiger partial charge in [-0.3, -0.25) is 9.69 Å². The zero-order valence-electron chi connectivity index (χ0n) is 16.0. The Morgan fingerprint density at radius 3 is 2.69 bits per heavy atom. The van der Waals surface area contributed by atoms with Gasteiger partial charge in [-0.25, -0.2) is 9.67 Å². The lowest BCUT2D eigenvalue weighted by Crippen LogP contribution is -2.44. The van der Waals surface area contributed by atoms with E-state index in [1.54, 1.807) is 0 Å². The number of carbonyl (C=O) groups excluding carboxylic acids is 1. The summed E-state index contributed by atoms with van der Waals surface area (Å²) in [7, 11) is 0. The van der Waals surface area contributed by atoms with Crippen molar-refractivity contribution in [1.29, 1.82) is 0 Å². The lowest BCUT2D eigenvalue weighted by Gasteiger charge is -2.41. The molecular weight excluding hydrogens is 383 g/mol. The maximum absolute atomic E-state index is 13.2. The number of amides is 1. The number of alkyl halides is 3. The lowest BCUT2D eigenvalue weighted by atomic mass is 9.75. The summed E-state index contributed by atoms with van der Waals surface area (Å²) in [5, 5.41) is 6.63. The van der Waals surface area contributed by atoms with E-state index in [9.17, 15) is 18.0 Å². The molecular formula is C20H24F3N5O. The average Bonchev–Trinajstić information content (AvgIpc) is 3.21. The van der Waals surface area contributed by atoms with E-state index < -0.39 is 11.7 Å². The maximum Gasteiger partial charge on any atom is 0.416 e. The molecule has 2 heterocycles. The smallest absolute Gasteiger partial charge is 0.323 e. The van der Waals surface area contributed by atoms with Gasteiger partial charge in [0.05, 0.1) is 23.5 Å². The molecule has 4 rings (SSSR count). The van der Waals surface area contributed by atoms with Crippen LogP contribution in [0.1, 0.15) is 37.7 Å². The third-order valence-corrected chi connectivity index (χ3v) is 6.01. The van der Waals surface area contributed by atoms with E-state index in [4.69, 9.17) is 0 Å². The van der Waals surface area contributed by atoms with Gasteiger partial charge in [-0.05, 0) is 49.4 Å². The number of likely N-dealkylation sites (tertiary alicyclic amines) is 1. The van der Waals surface area contributed by atoms with Crippen molar-refractivity contribution in [3.05, 3.63) is 36.4 Å². The summed E-state index contributed by atoms with van der Waals surface area (Å²) < 4.78 is 40.8. The van der Waals surface area contributed by atoms with Gasteiger partial charge in [0, 0.05) is 6.54 Å². The highest BCUT2D eigenvalue weighted by Crippen LogP contribution is 2.36. The van der Waals surface area contributed by atoms with Crippen molar-refractivity contribution in [2.75, 3.05) is 25.0 Å². The number of hydrogen-bond acceptors (Lipinski definition) is 4. The number of halogens is 3. The van der Waals surface area contributed by atoms with Crippen LogP contribution in [0.25, 0.3) is 5.69 Å². The Hall–Kier alpha value is -2.42. The minimum atomic E-state index is -4.50. The summed E-state index contributed by atoms with van der Waals surface area (Å²) >= 11 is 0. The zero-order chi connectivity index (χ0) is 20.4. The van der Waals surface area contributed by atoms with Gasteiger partial charge in [0.15, 0.2) is 0 Å². The monoisotopic (exact) mass is 407 g/mol. The molecule has 1 aromatic heterocycles. The van der Waals surface area contributed by atoms with E-state index in [-0.39, 0.29) is 18.1 Å². The molecule has 0 unspecified atom stereocenters. The molecule has 2 aromatic rings. The molecule has 1 N–H and O–H groups in total. The quantitative estimate of drug-likeness (QED) is 0.839. The van der Waals surface area contributed by atoms with Crippen LogP contribution in [0.2, 0.25) is 0 Å². The molecule has 1 aromatic carbocycles. The van der Waals surface area contributed by atoms with E-state index in [2.05, 4.69) is 20.3 Å². The third-order valence-electron chi connectivity index (χ3n) is 6.01. The number of anilines is 1. The average molecular weight is 407 g/mol. The summed E-state index contributed by atoms with van der Waals surface area (Å²) in [5.74, 6) is 1.06. The summed E-state index contributed by atoms with van der Waals surface area (Å²) in [5.41, 5.74) is -0.405. The Kier molecular flexibility index (Phi) is 5.58. The fraction of sp³-hybridized carbons (Fsp3) is 0.550. The van der Waals surface area contributed by atoms with Crippen LogP contribution in [0.15, 0.2) is 30.9 Å². The number of carbonyl (C=O) groups is 1. The summed E-state index contributed by atoms with van der Waals surface area (Å²) in [6.45, 7) is 1.92. The second-order valence-electron chi connectivity index (χ2n) is 7.95. The number of rotatable bonds is 4. The van der Waals surface area contributed by atoms with Gasteiger partial charge in [-0.2, -0.15) is 18.3 Å². The van der Waals surface area contributed by atoms with Crippen molar-refractivity contribution in [2.45, 2.75) is 38.3 Å². The van der Waals surface area contributed by atoms with Crippen molar-refractivity contribution >= 4 is 11.6 Å². The van der Waals surface area contributed by atoms with Gasteiger partial charge >= 0.3 is 6.18 Å². The van der Waals surface area contributed by atoms with Crippen LogP contribution in [-0.2, 0) is 11.0 Å². The highest BCUT2D eigenvalue weighted by molar-refractivity contribution is 5.94. The number of nitrogens with zero attached hydrogens (tertiary/aromatic N) is 4. The largest absolute Gasteiger partial charge is 0.416 e. The molecule has 1 saturated heterocycles. The molecule has 29 heavy (non-hydrogen) atoms. The van der Waals surface area contributed by atoms with Crippen molar-refractivity contribution in [3.63, 3.8) is 0 Å². The topological polar surface area (TPSA) is 63.1 Å². The first-order valence-electron chi connectivity index (χ1n) is 9.98. The fourth-order valence-electron chi connectivity index (χ4n) is 4.56. The Balaban J connectivity index is 1.48. The molecule has 0 bridgehead atoms. The van der Waals surface area contributed by atoms with E-state index >= 15 is 0 Å². The summed E-state index contributed by atoms with van der Waals surface area (Å²) in [4.78, 5) is 18.6. The van der Waals surface area contributed by atoms with Crippen molar-refractivity contribution in [2.24, 2.45) is 11.8 Å². The van der Waals surface area contributed by atoms with Crippen molar-refractivity contribution in [3.8, 4) is 5.69 Å². The molecule has 0 radical (unpaired) electrons. The van der Waals surface area contributed by atoms with Gasteiger partial charge in [0.2, 0.25) is 5.91 Å². The molecule has 2 fully saturated rings. The fourth-order valence-corrected chi connectivity index (χ4v) is 4.56. The van der Waals surface area contributed by atoms with E-state index in [1.807, 2.05) is 0 Å². The molecule has 9 heteroatoms. The molecule has 0 spiro atoms. The van der Waals surface area contributed by atoms with Crippen LogP contribution in [0, 0.1) is 11.8 Å². The van der Waals surface area contributed by atoms with Crippen LogP contribution in [0.3, 0.4) is 0 Å². The SMILES string of the molecule is O=C(CN1CC[C@@H]2CCCC[C@@H]2C1)Nc1cc(C(F)(F)F)ccc1-n1cncn1. The molecule has 2 atom stereocenters. The molecule has 1 amide bonds. The van der Waals surface area contributed by atoms with Crippen LogP contribution >= 0.6 is 0 Å². The van der Waals surface area contributed by atoms with Crippen molar-refractivity contribution < 1.29 is 18.0 Å². The molecule has 156 valence electrons. The number of nitrogens with one attached hydrogen (secondary N) is 1. The first-order chi connectivity index (χ1) is 13.9. The summed E-state index contributed by atoms with van der Waals surface area (Å²) in [6, 6.07) is 3.21. The lowest BCUT2D eigenvalue weighted by molar-refractivity contribution is -0.137. The number of benzene rings is 1. The highest BCUT2D eigenvalue weighted by Gasteiger charge is 2.33. The van der Waals surface area contributed by atoms with Gasteiger partial charge in [0.1, 0.15) is 12.7 Å². The van der Waals surface area contributed by atoms with E-state index in [0.29, 0.717) is 11.6 Å². The predicted octanol–water partition coefficient (Wildman–Crippen LogP) is 3.74. The molecule has 1 saturated carbocycles. The third kappa shape index (κ3) is 4.60. The maximum atomic E-state index is 13.2. The number of fused-ring (bicyclic) bond motifs is 1. The van der Waals surface area contributed by atoms with Gasteiger partial charge in [-0.1, -0.05) is 19.3 Å². The Morgan fingerprint density at radius 1 is 1.17 bits per heavy atom. The first-order valence-corrected chi connectivity index (χ1v) is 9.98. The minimum absolute atomic E-state index is 0.0721. The van der Waals surface area contributed by atoms with Gasteiger partial charge in [0.25, 0.3) is 0 Å². The number of aromatic nitrogens is 3. The van der Waals surface area contributed by atoms with E-state index in [1.165, 1.54) is 49.1 Å². The number of piperidine rings is 1. The predicted molar refractivity (Wildman–Crippen MR) is 101 cm³/mol. The number of hydrogen-bond donors (Lipinski definition) is 1. The van der Waals surface area contributed by atoms with Gasteiger partial charge in [-0.15, -0.1) is 0 Å². The van der Waals surface area contributed by atoms with Crippen LogP contribution < -0.4 is 5.32 Å². The molecule has 1 aliphatic heterocycles. The Morgan fingerprint density at radius 2 is 1.97 bits per heavy atom. The zero-order valence-corrected chi connectivity index (χ0v) is 16.0. The minimum Gasteiger partial charge on any atom is -0.323 e. The standard InChI is InChI=1S/C20H24F3N5O/c21-20(22,23)16-5-6-18(28-13-24-12-25-28)17(9-16)26-19(29)11-27-8-7-14-3-1-2-4-15(14)10-27/h5-6,9,12-15H,1-4,7-8,10-11H2,(H,26,29)/t14-,15+/m0/s1. The highest BCUT2D eigenvalue weighted by atomic mass is 19.4. The molecule has 6 nitrogen and oxygen atoms in total. The van der Waals surface area contributed by atoms with Crippen LogP contribution in [-0.4, -0.2) is 45.2 Å².